The van der Waals surface area contributed by atoms with Crippen LogP contribution in [0.1, 0.15) is 44.9 Å². The van der Waals surface area contributed by atoms with E-state index < -0.39 is 11.7 Å². The second kappa shape index (κ2) is 9.09. The van der Waals surface area contributed by atoms with Crippen molar-refractivity contribution in [3.8, 4) is 22.3 Å². The lowest BCUT2D eigenvalue weighted by atomic mass is 9.85. The van der Waals surface area contributed by atoms with Gasteiger partial charge in [-0.2, -0.15) is 0 Å². The second-order valence-electron chi connectivity index (χ2n) is 9.39. The van der Waals surface area contributed by atoms with Crippen LogP contribution in [0.5, 0.6) is 0 Å². The van der Waals surface area contributed by atoms with Gasteiger partial charge in [0.2, 0.25) is 0 Å². The van der Waals surface area contributed by atoms with E-state index in [9.17, 15) is 4.79 Å². The average molecular weight is 458 g/mol. The maximum absolute atomic E-state index is 12.8. The molecule has 0 spiro atoms. The predicted molar refractivity (Wildman–Crippen MR) is 137 cm³/mol. The van der Waals surface area contributed by atoms with Crippen molar-refractivity contribution in [2.24, 2.45) is 0 Å². The summed E-state index contributed by atoms with van der Waals surface area (Å²) in [6.45, 7) is 9.56. The summed E-state index contributed by atoms with van der Waals surface area (Å²) in [5.74, 6) is -0.0189. The van der Waals surface area contributed by atoms with Gasteiger partial charge in [-0.05, 0) is 97.5 Å². The minimum Gasteiger partial charge on any atom is -0.360 e. The minimum absolute atomic E-state index is 0.0189. The van der Waals surface area contributed by atoms with E-state index in [0.29, 0.717) is 5.02 Å². The summed E-state index contributed by atoms with van der Waals surface area (Å²) in [6, 6.07) is 20.3. The van der Waals surface area contributed by atoms with E-state index in [1.165, 1.54) is 0 Å². The van der Waals surface area contributed by atoms with Crippen LogP contribution in [-0.2, 0) is 9.53 Å². The topological polar surface area (TPSA) is 39.2 Å². The fourth-order valence-electron chi connectivity index (χ4n) is 4.24. The Bertz CT molecular complexity index is 1310. The largest absolute Gasteiger partial charge is 0.360 e. The molecule has 4 heteroatoms. The van der Waals surface area contributed by atoms with Crippen molar-refractivity contribution in [3.63, 3.8) is 0 Å². The van der Waals surface area contributed by atoms with Crippen LogP contribution in [0, 0.1) is 6.92 Å². The Morgan fingerprint density at radius 3 is 2.27 bits per heavy atom. The van der Waals surface area contributed by atoms with Gasteiger partial charge in [-0.3, -0.25) is 9.78 Å². The number of hydrogen-bond acceptors (Lipinski definition) is 3. The number of carbonyl (C=O) groups excluding carboxylic acids is 1. The highest BCUT2D eigenvalue weighted by Crippen LogP contribution is 2.41. The maximum atomic E-state index is 12.8. The molecule has 0 aliphatic rings. The number of halogens is 1. The Morgan fingerprint density at radius 2 is 1.67 bits per heavy atom. The van der Waals surface area contributed by atoms with Crippen molar-refractivity contribution in [2.75, 3.05) is 0 Å². The number of aryl methyl sites for hydroxylation is 1. The second-order valence-corrected chi connectivity index (χ2v) is 9.82. The number of pyridine rings is 1. The molecule has 0 saturated carbocycles. The van der Waals surface area contributed by atoms with Crippen LogP contribution < -0.4 is 0 Å². The highest BCUT2D eigenvalue weighted by molar-refractivity contribution is 6.30. The van der Waals surface area contributed by atoms with Gasteiger partial charge in [-0.1, -0.05) is 48.0 Å². The Morgan fingerprint density at radius 1 is 0.970 bits per heavy atom. The van der Waals surface area contributed by atoms with E-state index in [1.54, 1.807) is 13.1 Å². The number of nitrogens with zero attached hydrogens (tertiary/aromatic N) is 1. The SMILES string of the molecule is CC(=O)[C@@H](OC(C)(C)C)c1c(C)cc2cc(-c3cccnc3)ccc2c1-c1ccc(Cl)cc1. The molecule has 0 aliphatic carbocycles. The molecule has 168 valence electrons. The van der Waals surface area contributed by atoms with Crippen LogP contribution >= 0.6 is 11.6 Å². The molecule has 3 nitrogen and oxygen atoms in total. The Labute approximate surface area is 200 Å². The number of hydrogen-bond donors (Lipinski definition) is 0. The fraction of sp³-hybridized carbons (Fsp3) is 0.241. The van der Waals surface area contributed by atoms with Gasteiger partial charge in [0.1, 0.15) is 6.10 Å². The van der Waals surface area contributed by atoms with Gasteiger partial charge >= 0.3 is 0 Å². The van der Waals surface area contributed by atoms with E-state index in [4.69, 9.17) is 16.3 Å². The molecule has 4 aromatic rings. The first kappa shape index (κ1) is 23.2. The number of benzene rings is 3. The van der Waals surface area contributed by atoms with Crippen molar-refractivity contribution in [2.45, 2.75) is 46.3 Å². The first-order valence-electron chi connectivity index (χ1n) is 11.1. The standard InChI is InChI=1S/C29H28ClNO2/c1-18-15-23-16-21(22-7-6-14-31-17-22)10-13-25(23)27(20-8-11-24(30)12-9-20)26(18)28(19(2)32)33-29(3,4)5/h6-17,28H,1-5H3/t28-/m1/s1. The van der Waals surface area contributed by atoms with Crippen LogP contribution in [0.3, 0.4) is 0 Å². The van der Waals surface area contributed by atoms with Gasteiger partial charge in [0, 0.05) is 23.0 Å². The summed E-state index contributed by atoms with van der Waals surface area (Å²) >= 11 is 6.19. The van der Waals surface area contributed by atoms with Gasteiger partial charge in [0.05, 0.1) is 5.60 Å². The molecule has 0 amide bonds. The van der Waals surface area contributed by atoms with Crippen molar-refractivity contribution in [1.29, 1.82) is 0 Å². The summed E-state index contributed by atoms with van der Waals surface area (Å²) < 4.78 is 6.31. The Balaban J connectivity index is 2.02. The van der Waals surface area contributed by atoms with Gasteiger partial charge in [0.25, 0.3) is 0 Å². The van der Waals surface area contributed by atoms with Gasteiger partial charge in [-0.15, -0.1) is 0 Å². The van der Waals surface area contributed by atoms with E-state index in [2.05, 4.69) is 35.3 Å². The van der Waals surface area contributed by atoms with Crippen LogP contribution in [-0.4, -0.2) is 16.4 Å². The Hall–Kier alpha value is -3.01. The normalized spacial score (nSPS) is 12.7. The maximum Gasteiger partial charge on any atom is 0.163 e. The molecule has 1 atom stereocenters. The summed E-state index contributed by atoms with van der Waals surface area (Å²) in [6.07, 6.45) is 2.97. The number of rotatable bonds is 5. The smallest absolute Gasteiger partial charge is 0.163 e. The summed E-state index contributed by atoms with van der Waals surface area (Å²) in [4.78, 5) is 17.1. The summed E-state index contributed by atoms with van der Waals surface area (Å²) in [5, 5.41) is 2.83. The molecule has 0 fully saturated rings. The van der Waals surface area contributed by atoms with Crippen LogP contribution in [0.2, 0.25) is 5.02 Å². The molecule has 0 saturated heterocycles. The number of ether oxygens (including phenoxy) is 1. The fourth-order valence-corrected chi connectivity index (χ4v) is 4.37. The van der Waals surface area contributed by atoms with Gasteiger partial charge < -0.3 is 4.74 Å². The van der Waals surface area contributed by atoms with Crippen molar-refractivity contribution >= 4 is 28.2 Å². The summed E-state index contributed by atoms with van der Waals surface area (Å²) in [7, 11) is 0. The monoisotopic (exact) mass is 457 g/mol. The molecular weight excluding hydrogens is 430 g/mol. The molecule has 33 heavy (non-hydrogen) atoms. The number of aromatic nitrogens is 1. The third kappa shape index (κ3) is 5.00. The average Bonchev–Trinajstić information content (AvgIpc) is 2.77. The van der Waals surface area contributed by atoms with Crippen molar-refractivity contribution in [3.05, 3.63) is 89.2 Å². The van der Waals surface area contributed by atoms with Crippen molar-refractivity contribution < 1.29 is 9.53 Å². The predicted octanol–water partition coefficient (Wildman–Crippen LogP) is 7.98. The first-order chi connectivity index (χ1) is 15.6. The third-order valence-electron chi connectivity index (χ3n) is 5.62. The zero-order chi connectivity index (χ0) is 23.8. The number of ketones is 1. The molecule has 3 aromatic carbocycles. The lowest BCUT2D eigenvalue weighted by Gasteiger charge is -2.29. The Kier molecular flexibility index (Phi) is 6.38. The molecule has 4 rings (SSSR count). The summed E-state index contributed by atoms with van der Waals surface area (Å²) in [5.41, 5.74) is 5.61. The molecular formula is C29H28ClNO2. The molecule has 0 unspecified atom stereocenters. The number of carbonyl (C=O) groups is 1. The van der Waals surface area contributed by atoms with E-state index in [1.807, 2.05) is 64.2 Å². The zero-order valence-electron chi connectivity index (χ0n) is 19.6. The van der Waals surface area contributed by atoms with Crippen LogP contribution in [0.25, 0.3) is 33.0 Å². The molecule has 0 radical (unpaired) electrons. The molecule has 1 heterocycles. The van der Waals surface area contributed by atoms with E-state index in [0.717, 1.165) is 44.2 Å². The van der Waals surface area contributed by atoms with E-state index in [-0.39, 0.29) is 5.78 Å². The lowest BCUT2D eigenvalue weighted by molar-refractivity contribution is -0.138. The number of fused-ring (bicyclic) bond motifs is 1. The highest BCUT2D eigenvalue weighted by atomic mass is 35.5. The lowest BCUT2D eigenvalue weighted by Crippen LogP contribution is -2.27. The van der Waals surface area contributed by atoms with Gasteiger partial charge in [0.15, 0.2) is 5.78 Å². The molecule has 1 aromatic heterocycles. The molecule has 0 aliphatic heterocycles. The van der Waals surface area contributed by atoms with Crippen LogP contribution in [0.4, 0.5) is 0 Å². The zero-order valence-corrected chi connectivity index (χ0v) is 20.4. The molecule has 0 N–H and O–H groups in total. The molecule has 0 bridgehead atoms. The van der Waals surface area contributed by atoms with E-state index >= 15 is 0 Å². The number of Topliss-reactive ketones (excluding diaryl/α,β-unsaturated/α-hetero) is 1. The van der Waals surface area contributed by atoms with Crippen LogP contribution in [0.15, 0.2) is 73.1 Å². The quantitative estimate of drug-likeness (QED) is 0.305. The third-order valence-corrected chi connectivity index (χ3v) is 5.87. The van der Waals surface area contributed by atoms with Crippen molar-refractivity contribution in [1.82, 2.24) is 4.98 Å². The minimum atomic E-state index is -0.668. The highest BCUT2D eigenvalue weighted by Gasteiger charge is 2.29. The van der Waals surface area contributed by atoms with Gasteiger partial charge in [-0.25, -0.2) is 0 Å². The first-order valence-corrected chi connectivity index (χ1v) is 11.4.